The third-order valence-electron chi connectivity index (χ3n) is 8.26. The number of β-amino-alcohol motifs (C(OH)–C–C–N with tert-alkyl or cyclic N) is 1. The van der Waals surface area contributed by atoms with Gasteiger partial charge in [0.15, 0.2) is 5.75 Å². The van der Waals surface area contributed by atoms with Crippen LogP contribution in [0.3, 0.4) is 0 Å². The summed E-state index contributed by atoms with van der Waals surface area (Å²) in [6, 6.07) is 11.8. The van der Waals surface area contributed by atoms with Crippen molar-refractivity contribution in [3.05, 3.63) is 64.4 Å². The highest BCUT2D eigenvalue weighted by Crippen LogP contribution is 2.33. The van der Waals surface area contributed by atoms with Crippen LogP contribution in [0.2, 0.25) is 10.0 Å². The zero-order valence-electron chi connectivity index (χ0n) is 25.3. The van der Waals surface area contributed by atoms with E-state index >= 15 is 0 Å². The van der Waals surface area contributed by atoms with E-state index in [1.54, 1.807) is 18.5 Å². The van der Waals surface area contributed by atoms with Crippen LogP contribution in [0.5, 0.6) is 11.5 Å². The molecule has 0 amide bonds. The van der Waals surface area contributed by atoms with Gasteiger partial charge in [-0.2, -0.15) is 0 Å². The van der Waals surface area contributed by atoms with Crippen LogP contribution < -0.4 is 9.64 Å². The van der Waals surface area contributed by atoms with Crippen LogP contribution in [0.25, 0.3) is 11.1 Å². The number of ether oxygens (including phenoxy) is 2. The van der Waals surface area contributed by atoms with Gasteiger partial charge in [0, 0.05) is 55.7 Å². The first-order valence-electron chi connectivity index (χ1n) is 15.4. The van der Waals surface area contributed by atoms with Crippen molar-refractivity contribution in [2.24, 2.45) is 5.92 Å². The van der Waals surface area contributed by atoms with Gasteiger partial charge in [-0.05, 0) is 98.3 Å². The van der Waals surface area contributed by atoms with Crippen LogP contribution in [0, 0.1) is 5.92 Å². The summed E-state index contributed by atoms with van der Waals surface area (Å²) in [5.41, 5.74) is 3.00. The molecule has 44 heavy (non-hydrogen) atoms. The zero-order chi connectivity index (χ0) is 30.9. The number of aliphatic hydroxyl groups excluding tert-OH is 1. The number of likely N-dealkylation sites (tertiary alicyclic amines) is 1. The van der Waals surface area contributed by atoms with Crippen molar-refractivity contribution in [1.29, 1.82) is 0 Å². The van der Waals surface area contributed by atoms with Crippen LogP contribution in [0.15, 0.2) is 48.8 Å². The SMILES string of the molecule is CCOC(=O)CCC1CCN(Cc2cc(Oc3cnc(N4CCN(CCO)CC4)nc3)cc(-c3cc(Cl)cc(Cl)c3)c2)CC1. The molecule has 3 aromatic rings. The lowest BCUT2D eigenvalue weighted by Crippen LogP contribution is -2.47. The summed E-state index contributed by atoms with van der Waals surface area (Å²) >= 11 is 12.7. The molecular weight excluding hydrogens is 601 g/mol. The number of hydrogen-bond acceptors (Lipinski definition) is 9. The van der Waals surface area contributed by atoms with Gasteiger partial charge in [-0.3, -0.25) is 14.6 Å². The Bertz CT molecular complexity index is 1360. The van der Waals surface area contributed by atoms with E-state index < -0.39 is 0 Å². The minimum atomic E-state index is -0.0995. The second-order valence-electron chi connectivity index (χ2n) is 11.5. The average Bonchev–Trinajstić information content (AvgIpc) is 3.01. The van der Waals surface area contributed by atoms with E-state index in [9.17, 15) is 9.90 Å². The maximum absolute atomic E-state index is 11.8. The van der Waals surface area contributed by atoms with Crippen LogP contribution >= 0.6 is 23.2 Å². The third-order valence-corrected chi connectivity index (χ3v) is 8.70. The molecule has 2 aliphatic heterocycles. The van der Waals surface area contributed by atoms with E-state index in [0.717, 1.165) is 81.8 Å². The minimum absolute atomic E-state index is 0.0995. The lowest BCUT2D eigenvalue weighted by molar-refractivity contribution is -0.143. The molecule has 11 heteroatoms. The Morgan fingerprint density at radius 2 is 1.57 bits per heavy atom. The summed E-state index contributed by atoms with van der Waals surface area (Å²) < 4.78 is 11.4. The summed E-state index contributed by atoms with van der Waals surface area (Å²) in [5, 5.41) is 10.3. The lowest BCUT2D eigenvalue weighted by Gasteiger charge is -2.34. The molecule has 9 nitrogen and oxygen atoms in total. The summed E-state index contributed by atoms with van der Waals surface area (Å²) in [6.45, 7) is 9.25. The van der Waals surface area contributed by atoms with E-state index in [1.807, 2.05) is 25.1 Å². The number of rotatable bonds is 12. The fourth-order valence-electron chi connectivity index (χ4n) is 5.92. The highest BCUT2D eigenvalue weighted by molar-refractivity contribution is 6.35. The van der Waals surface area contributed by atoms with Gasteiger partial charge in [0.25, 0.3) is 0 Å². The molecule has 0 spiro atoms. The number of carbonyl (C=O) groups excluding carboxylic acids is 1. The Balaban J connectivity index is 1.27. The van der Waals surface area contributed by atoms with Crippen molar-refractivity contribution < 1.29 is 19.4 Å². The molecule has 2 aliphatic rings. The lowest BCUT2D eigenvalue weighted by atomic mass is 9.92. The number of aromatic nitrogens is 2. The van der Waals surface area contributed by atoms with Crippen LogP contribution in [0.1, 0.15) is 38.2 Å². The van der Waals surface area contributed by atoms with Crippen molar-refractivity contribution in [2.75, 3.05) is 63.9 Å². The number of halogens is 2. The van der Waals surface area contributed by atoms with Gasteiger partial charge in [-0.25, -0.2) is 9.97 Å². The summed E-state index contributed by atoms with van der Waals surface area (Å²) in [6.07, 6.45) is 6.93. The number of aliphatic hydroxyl groups is 1. The summed E-state index contributed by atoms with van der Waals surface area (Å²) in [5.74, 6) is 2.36. The number of anilines is 1. The number of piperazine rings is 1. The smallest absolute Gasteiger partial charge is 0.305 e. The normalized spacial score (nSPS) is 16.7. The van der Waals surface area contributed by atoms with E-state index in [1.165, 1.54) is 0 Å². The molecule has 2 saturated heterocycles. The fraction of sp³-hybridized carbons (Fsp3) is 0.485. The Hall–Kier alpha value is -2.95. The first-order chi connectivity index (χ1) is 21.4. The van der Waals surface area contributed by atoms with Crippen molar-refractivity contribution in [1.82, 2.24) is 19.8 Å². The standard InChI is InChI=1S/C33H41Cl2N5O4/c1-2-43-32(42)4-3-24-5-7-39(8-6-24)23-25-15-26(27-17-28(34)20-29(35)18-27)19-30(16-25)44-31-21-36-33(37-22-31)40-11-9-38(10-12-40)13-14-41/h15-22,24,41H,2-14,23H2,1H3. The highest BCUT2D eigenvalue weighted by Gasteiger charge is 2.22. The number of carbonyl (C=O) groups is 1. The second-order valence-corrected chi connectivity index (χ2v) is 12.3. The van der Waals surface area contributed by atoms with Crippen LogP contribution in [-0.4, -0.2) is 89.9 Å². The molecule has 0 radical (unpaired) electrons. The molecule has 3 heterocycles. The molecule has 2 fully saturated rings. The van der Waals surface area contributed by atoms with Gasteiger partial charge in [0.1, 0.15) is 5.75 Å². The molecule has 0 aliphatic carbocycles. The molecule has 0 bridgehead atoms. The van der Waals surface area contributed by atoms with Gasteiger partial charge in [-0.1, -0.05) is 23.2 Å². The maximum atomic E-state index is 11.8. The number of nitrogens with zero attached hydrogens (tertiary/aromatic N) is 5. The highest BCUT2D eigenvalue weighted by atomic mass is 35.5. The van der Waals surface area contributed by atoms with Crippen molar-refractivity contribution in [3.63, 3.8) is 0 Å². The van der Waals surface area contributed by atoms with E-state index in [0.29, 0.717) is 53.0 Å². The number of hydrogen-bond donors (Lipinski definition) is 1. The second kappa shape index (κ2) is 15.9. The van der Waals surface area contributed by atoms with Crippen LogP contribution in [-0.2, 0) is 16.1 Å². The molecule has 0 atom stereocenters. The van der Waals surface area contributed by atoms with Crippen molar-refractivity contribution >= 4 is 35.1 Å². The molecule has 1 aromatic heterocycles. The quantitative estimate of drug-likeness (QED) is 0.242. The van der Waals surface area contributed by atoms with Crippen molar-refractivity contribution in [3.8, 4) is 22.6 Å². The molecule has 236 valence electrons. The van der Waals surface area contributed by atoms with Crippen LogP contribution in [0.4, 0.5) is 5.95 Å². The fourth-order valence-corrected chi connectivity index (χ4v) is 6.45. The predicted molar refractivity (Wildman–Crippen MR) is 174 cm³/mol. The Labute approximate surface area is 269 Å². The predicted octanol–water partition coefficient (Wildman–Crippen LogP) is 5.91. The topological polar surface area (TPSA) is 91.3 Å². The maximum Gasteiger partial charge on any atom is 0.305 e. The van der Waals surface area contributed by atoms with Gasteiger partial charge < -0.3 is 19.5 Å². The molecule has 0 unspecified atom stereocenters. The first-order valence-corrected chi connectivity index (χ1v) is 16.2. The van der Waals surface area contributed by atoms with Gasteiger partial charge >= 0.3 is 5.97 Å². The van der Waals surface area contributed by atoms with Gasteiger partial charge in [-0.15, -0.1) is 0 Å². The minimum Gasteiger partial charge on any atom is -0.466 e. The average molecular weight is 643 g/mol. The van der Waals surface area contributed by atoms with Gasteiger partial charge in [0.2, 0.25) is 5.95 Å². The Kier molecular flexibility index (Phi) is 11.7. The summed E-state index contributed by atoms with van der Waals surface area (Å²) in [4.78, 5) is 27.8. The molecule has 0 saturated carbocycles. The Morgan fingerprint density at radius 3 is 2.23 bits per heavy atom. The van der Waals surface area contributed by atoms with Gasteiger partial charge in [0.05, 0.1) is 25.6 Å². The molecular formula is C33H41Cl2N5O4. The Morgan fingerprint density at radius 1 is 0.886 bits per heavy atom. The number of benzene rings is 2. The monoisotopic (exact) mass is 641 g/mol. The molecule has 1 N–H and O–H groups in total. The van der Waals surface area contributed by atoms with E-state index in [2.05, 4.69) is 36.8 Å². The molecule has 5 rings (SSSR count). The third kappa shape index (κ3) is 9.28. The van der Waals surface area contributed by atoms with Crippen molar-refractivity contribution in [2.45, 2.75) is 39.2 Å². The number of piperidine rings is 1. The zero-order valence-corrected chi connectivity index (χ0v) is 26.8. The number of esters is 1. The van der Waals surface area contributed by atoms with E-state index in [4.69, 9.17) is 32.7 Å². The molecule has 2 aromatic carbocycles. The first kappa shape index (κ1) is 32.4. The summed E-state index contributed by atoms with van der Waals surface area (Å²) in [7, 11) is 0. The van der Waals surface area contributed by atoms with E-state index in [-0.39, 0.29) is 12.6 Å². The largest absolute Gasteiger partial charge is 0.466 e.